The predicted molar refractivity (Wildman–Crippen MR) is 151 cm³/mol. The summed E-state index contributed by atoms with van der Waals surface area (Å²) in [5, 5.41) is 30.9. The number of benzene rings is 4. The Hall–Kier alpha value is -3.69. The molecule has 0 amide bonds. The van der Waals surface area contributed by atoms with Crippen molar-refractivity contribution in [3.05, 3.63) is 137 Å². The highest BCUT2D eigenvalue weighted by Gasteiger charge is 2.25. The SMILES string of the molecule is C[C@H](Cc1ccc(O)cc1)N(CC(O)c1cccc(F)c1)CC(O)c1cccc(F)c1.Fc1cccc(C2CO2)c1. The van der Waals surface area contributed by atoms with Gasteiger partial charge < -0.3 is 20.1 Å². The molecule has 5 nitrogen and oxygen atoms in total. The van der Waals surface area contributed by atoms with Gasteiger partial charge in [0.05, 0.1) is 18.8 Å². The Morgan fingerprint density at radius 3 is 1.71 bits per heavy atom. The number of hydrogen-bond donors (Lipinski definition) is 3. The van der Waals surface area contributed by atoms with E-state index >= 15 is 0 Å². The third kappa shape index (κ3) is 9.43. The smallest absolute Gasteiger partial charge is 0.123 e. The van der Waals surface area contributed by atoms with E-state index < -0.39 is 23.8 Å². The number of aliphatic hydroxyl groups is 2. The summed E-state index contributed by atoms with van der Waals surface area (Å²) in [4.78, 5) is 1.90. The molecular formula is C33H34F3NO4. The molecule has 0 aliphatic carbocycles. The van der Waals surface area contributed by atoms with Crippen LogP contribution in [0, 0.1) is 17.5 Å². The van der Waals surface area contributed by atoms with Gasteiger partial charge in [0.25, 0.3) is 0 Å². The van der Waals surface area contributed by atoms with Gasteiger partial charge in [-0.25, -0.2) is 13.2 Å². The zero-order valence-electron chi connectivity index (χ0n) is 22.7. The molecule has 1 fully saturated rings. The van der Waals surface area contributed by atoms with E-state index in [1.165, 1.54) is 36.4 Å². The van der Waals surface area contributed by atoms with Crippen LogP contribution in [0.25, 0.3) is 0 Å². The molecule has 3 unspecified atom stereocenters. The van der Waals surface area contributed by atoms with E-state index in [1.807, 2.05) is 30.0 Å². The van der Waals surface area contributed by atoms with Gasteiger partial charge >= 0.3 is 0 Å². The molecule has 0 bridgehead atoms. The van der Waals surface area contributed by atoms with Crippen molar-refractivity contribution in [2.75, 3.05) is 19.7 Å². The molecule has 4 atom stereocenters. The second-order valence-corrected chi connectivity index (χ2v) is 10.2. The maximum atomic E-state index is 13.6. The van der Waals surface area contributed by atoms with Gasteiger partial charge in [-0.2, -0.15) is 0 Å². The Morgan fingerprint density at radius 2 is 1.24 bits per heavy atom. The predicted octanol–water partition coefficient (Wildman–Crippen LogP) is 6.27. The van der Waals surface area contributed by atoms with Crippen molar-refractivity contribution >= 4 is 0 Å². The molecule has 1 saturated heterocycles. The molecule has 3 N–H and O–H groups in total. The van der Waals surface area contributed by atoms with E-state index in [0.29, 0.717) is 17.5 Å². The van der Waals surface area contributed by atoms with Crippen LogP contribution in [0.1, 0.15) is 47.5 Å². The molecule has 0 saturated carbocycles. The largest absolute Gasteiger partial charge is 0.508 e. The van der Waals surface area contributed by atoms with Crippen LogP contribution in [0.3, 0.4) is 0 Å². The lowest BCUT2D eigenvalue weighted by Gasteiger charge is -2.33. The van der Waals surface area contributed by atoms with Crippen LogP contribution in [0.4, 0.5) is 13.2 Å². The van der Waals surface area contributed by atoms with Gasteiger partial charge in [-0.15, -0.1) is 0 Å². The molecule has 1 aliphatic heterocycles. The van der Waals surface area contributed by atoms with Gasteiger partial charge in [-0.1, -0.05) is 48.5 Å². The van der Waals surface area contributed by atoms with Crippen LogP contribution in [-0.2, 0) is 11.2 Å². The monoisotopic (exact) mass is 565 g/mol. The van der Waals surface area contributed by atoms with Crippen LogP contribution < -0.4 is 0 Å². The van der Waals surface area contributed by atoms with Crippen molar-refractivity contribution in [3.8, 4) is 5.75 Å². The fourth-order valence-corrected chi connectivity index (χ4v) is 4.57. The molecule has 0 spiro atoms. The quantitative estimate of drug-likeness (QED) is 0.198. The standard InChI is InChI=1S/C25H27F2NO3.C8H7FO/c1-17(12-18-8-10-23(29)11-9-18)28(15-24(30)19-4-2-6-21(26)13-19)16-25(31)20-5-3-7-22(27)14-20;9-7-3-1-2-6(4-7)8-5-10-8/h2-11,13-14,17,24-25,29-31H,12,15-16H2,1H3;1-4,8H,5H2/t17-,24?,25?;/m1./s1. The maximum Gasteiger partial charge on any atom is 0.123 e. The lowest BCUT2D eigenvalue weighted by molar-refractivity contribution is 0.0478. The molecule has 8 heteroatoms. The van der Waals surface area contributed by atoms with E-state index in [-0.39, 0.29) is 36.8 Å². The van der Waals surface area contributed by atoms with Crippen molar-refractivity contribution in [1.82, 2.24) is 4.90 Å². The Labute approximate surface area is 238 Å². The number of phenols is 1. The number of aromatic hydroxyl groups is 1. The lowest BCUT2D eigenvalue weighted by atomic mass is 10.0. The average Bonchev–Trinajstić information content (AvgIpc) is 3.80. The van der Waals surface area contributed by atoms with Crippen molar-refractivity contribution in [3.63, 3.8) is 0 Å². The number of hydrogen-bond acceptors (Lipinski definition) is 5. The van der Waals surface area contributed by atoms with Crippen molar-refractivity contribution in [2.24, 2.45) is 0 Å². The highest BCUT2D eigenvalue weighted by Crippen LogP contribution is 2.29. The van der Waals surface area contributed by atoms with Crippen LogP contribution >= 0.6 is 0 Å². The number of rotatable bonds is 10. The van der Waals surface area contributed by atoms with Crippen molar-refractivity contribution < 1.29 is 33.2 Å². The molecule has 4 aromatic rings. The van der Waals surface area contributed by atoms with Gasteiger partial charge in [0.15, 0.2) is 0 Å². The maximum absolute atomic E-state index is 13.6. The van der Waals surface area contributed by atoms with Gasteiger partial charge in [0.1, 0.15) is 29.3 Å². The van der Waals surface area contributed by atoms with E-state index in [1.54, 1.807) is 42.5 Å². The first-order chi connectivity index (χ1) is 19.7. The Balaban J connectivity index is 0.000000322. The molecule has 1 aliphatic rings. The van der Waals surface area contributed by atoms with Gasteiger partial charge in [0.2, 0.25) is 0 Å². The zero-order valence-corrected chi connectivity index (χ0v) is 22.7. The highest BCUT2D eigenvalue weighted by molar-refractivity contribution is 5.27. The topological polar surface area (TPSA) is 76.5 Å². The van der Waals surface area contributed by atoms with Gasteiger partial charge in [0, 0.05) is 19.1 Å². The van der Waals surface area contributed by atoms with Crippen LogP contribution in [0.15, 0.2) is 97.1 Å². The average molecular weight is 566 g/mol. The minimum absolute atomic E-state index is 0.101. The van der Waals surface area contributed by atoms with E-state index in [2.05, 4.69) is 0 Å². The van der Waals surface area contributed by atoms with Crippen molar-refractivity contribution in [2.45, 2.75) is 37.7 Å². The second kappa shape index (κ2) is 14.3. The highest BCUT2D eigenvalue weighted by atomic mass is 19.1. The molecule has 4 aromatic carbocycles. The third-order valence-electron chi connectivity index (χ3n) is 6.93. The minimum atomic E-state index is -0.960. The molecule has 5 rings (SSSR count). The summed E-state index contributed by atoms with van der Waals surface area (Å²) in [6.07, 6.45) is -1.16. The fourth-order valence-electron chi connectivity index (χ4n) is 4.57. The summed E-state index contributed by atoms with van der Waals surface area (Å²) >= 11 is 0. The number of phenolic OH excluding ortho intramolecular Hbond substituents is 1. The number of ether oxygens (including phenoxy) is 1. The molecule has 216 valence electrons. The molecule has 0 aromatic heterocycles. The van der Waals surface area contributed by atoms with E-state index in [0.717, 1.165) is 17.7 Å². The summed E-state index contributed by atoms with van der Waals surface area (Å²) in [5.74, 6) is -0.871. The molecule has 1 heterocycles. The number of nitrogens with zero attached hydrogens (tertiary/aromatic N) is 1. The summed E-state index contributed by atoms with van der Waals surface area (Å²) in [6.45, 7) is 3.02. The summed E-state index contributed by atoms with van der Waals surface area (Å²) in [5.41, 5.74) is 2.82. The first-order valence-electron chi connectivity index (χ1n) is 13.4. The first-order valence-corrected chi connectivity index (χ1v) is 13.4. The molecular weight excluding hydrogens is 531 g/mol. The van der Waals surface area contributed by atoms with E-state index in [4.69, 9.17) is 4.74 Å². The Bertz CT molecular complexity index is 1340. The van der Waals surface area contributed by atoms with Crippen molar-refractivity contribution in [1.29, 1.82) is 0 Å². The lowest BCUT2D eigenvalue weighted by Crippen LogP contribution is -2.40. The van der Waals surface area contributed by atoms with Crippen LogP contribution in [-0.4, -0.2) is 46.0 Å². The first kappa shape index (κ1) is 30.3. The normalized spacial score (nSPS) is 16.4. The fraction of sp³-hybridized carbons (Fsp3) is 0.273. The van der Waals surface area contributed by atoms with E-state index in [9.17, 15) is 28.5 Å². The van der Waals surface area contributed by atoms with Gasteiger partial charge in [-0.05, 0) is 84.1 Å². The van der Waals surface area contributed by atoms with Crippen LogP contribution in [0.2, 0.25) is 0 Å². The Morgan fingerprint density at radius 1 is 0.756 bits per heavy atom. The number of halogens is 3. The minimum Gasteiger partial charge on any atom is -0.508 e. The summed E-state index contributed by atoms with van der Waals surface area (Å²) in [7, 11) is 0. The second-order valence-electron chi connectivity index (χ2n) is 10.2. The number of aliphatic hydroxyl groups excluding tert-OH is 2. The van der Waals surface area contributed by atoms with Gasteiger partial charge in [-0.3, -0.25) is 4.90 Å². The molecule has 41 heavy (non-hydrogen) atoms. The summed E-state index contributed by atoms with van der Waals surface area (Å²) < 4.78 is 44.7. The summed E-state index contributed by atoms with van der Waals surface area (Å²) in [6, 6.07) is 24.9. The number of epoxide rings is 1. The van der Waals surface area contributed by atoms with Crippen LogP contribution in [0.5, 0.6) is 5.75 Å². The Kier molecular flexibility index (Phi) is 10.5. The zero-order chi connectivity index (χ0) is 29.4. The molecule has 0 radical (unpaired) electrons. The third-order valence-corrected chi connectivity index (χ3v) is 6.93.